The molecular weight excluding hydrogens is 455 g/mol. The first kappa shape index (κ1) is 24.9. The Morgan fingerprint density at radius 1 is 1.24 bits per heavy atom. The summed E-state index contributed by atoms with van der Waals surface area (Å²) in [4.78, 5) is 6.45. The topological polar surface area (TPSA) is 74.2 Å². The van der Waals surface area contributed by atoms with E-state index in [1.54, 1.807) is 21.0 Å². The minimum Gasteiger partial charge on any atom is -0.381 e. The molecule has 1 fully saturated rings. The summed E-state index contributed by atoms with van der Waals surface area (Å²) in [7, 11) is 2.37. The molecule has 0 unspecified atom stereocenters. The maximum absolute atomic E-state index is 11.7. The van der Waals surface area contributed by atoms with Gasteiger partial charge in [-0.2, -0.15) is 0 Å². The van der Waals surface area contributed by atoms with Crippen LogP contribution in [0.5, 0.6) is 0 Å². The van der Waals surface area contributed by atoms with Gasteiger partial charge in [0.25, 0.3) is 0 Å². The molecule has 1 aliphatic heterocycles. The van der Waals surface area contributed by atoms with Crippen molar-refractivity contribution in [3.05, 3.63) is 0 Å². The lowest BCUT2D eigenvalue weighted by molar-refractivity contribution is 0.0625. The molecule has 1 N–H and O–H groups in total. The number of nitrogens with zero attached hydrogens (tertiary/aromatic N) is 3. The van der Waals surface area contributed by atoms with Crippen molar-refractivity contribution in [2.24, 2.45) is 10.9 Å². The molecule has 0 atom stereocenters. The highest BCUT2D eigenvalue weighted by atomic mass is 127. The second-order valence-corrected chi connectivity index (χ2v) is 8.68. The maximum Gasteiger partial charge on any atom is 0.213 e. The van der Waals surface area contributed by atoms with Crippen molar-refractivity contribution in [2.45, 2.75) is 32.6 Å². The van der Waals surface area contributed by atoms with E-state index in [0.717, 1.165) is 57.3 Å². The van der Waals surface area contributed by atoms with Gasteiger partial charge in [0.1, 0.15) is 0 Å². The van der Waals surface area contributed by atoms with E-state index in [-0.39, 0.29) is 29.7 Å². The molecule has 1 heterocycles. The van der Waals surface area contributed by atoms with Gasteiger partial charge in [0, 0.05) is 54.0 Å². The first-order valence-corrected chi connectivity index (χ1v) is 10.4. The summed E-state index contributed by atoms with van der Waals surface area (Å²) in [6.45, 7) is 5.63. The van der Waals surface area contributed by atoms with E-state index in [1.807, 2.05) is 7.05 Å². The fourth-order valence-corrected chi connectivity index (χ4v) is 3.61. The van der Waals surface area contributed by atoms with Crippen molar-refractivity contribution in [2.75, 3.05) is 59.7 Å². The lowest BCUT2D eigenvalue weighted by Gasteiger charge is -2.27. The molecular formula is C16H35IN4O3S. The van der Waals surface area contributed by atoms with Gasteiger partial charge in [0.15, 0.2) is 5.96 Å². The summed E-state index contributed by atoms with van der Waals surface area (Å²) in [5.74, 6) is 1.75. The van der Waals surface area contributed by atoms with E-state index in [2.05, 4.69) is 15.2 Å². The number of sulfonamides is 1. The van der Waals surface area contributed by atoms with Crippen molar-refractivity contribution >= 4 is 40.0 Å². The standard InChI is InChI=1S/C16H34N4O3S.HI/c1-5-24(21,22)20(4)11-6-10-18-16(17-2)19(3)12-7-15-8-13-23-14-9-15;/h15H,5-14H2,1-4H3,(H,17,18);1H. The fourth-order valence-electron chi connectivity index (χ4n) is 2.76. The molecule has 0 aromatic carbocycles. The quantitative estimate of drug-likeness (QED) is 0.230. The number of rotatable bonds is 9. The van der Waals surface area contributed by atoms with Crippen LogP contribution in [0.1, 0.15) is 32.6 Å². The molecule has 0 aromatic rings. The molecule has 0 spiro atoms. The first-order chi connectivity index (χ1) is 11.4. The van der Waals surface area contributed by atoms with Crippen LogP contribution in [0.15, 0.2) is 4.99 Å². The Morgan fingerprint density at radius 2 is 1.88 bits per heavy atom. The summed E-state index contributed by atoms with van der Waals surface area (Å²) in [5, 5.41) is 3.31. The van der Waals surface area contributed by atoms with Gasteiger partial charge in [-0.15, -0.1) is 24.0 Å². The Labute approximate surface area is 170 Å². The summed E-state index contributed by atoms with van der Waals surface area (Å²) < 4.78 is 30.2. The number of guanidine groups is 1. The smallest absolute Gasteiger partial charge is 0.213 e. The van der Waals surface area contributed by atoms with Crippen molar-refractivity contribution in [3.63, 3.8) is 0 Å². The van der Waals surface area contributed by atoms with Crippen LogP contribution in [0.4, 0.5) is 0 Å². The molecule has 7 nitrogen and oxygen atoms in total. The van der Waals surface area contributed by atoms with Crippen LogP contribution in [0, 0.1) is 5.92 Å². The molecule has 0 saturated carbocycles. The number of hydrogen-bond acceptors (Lipinski definition) is 4. The third-order valence-corrected chi connectivity index (χ3v) is 6.42. The molecule has 1 rings (SSSR count). The SMILES string of the molecule is CCS(=O)(=O)N(C)CCCNC(=NC)N(C)CCC1CCOCC1.I. The number of halogens is 1. The van der Waals surface area contributed by atoms with Crippen LogP contribution in [0.3, 0.4) is 0 Å². The van der Waals surface area contributed by atoms with Crippen molar-refractivity contribution < 1.29 is 13.2 Å². The fraction of sp³-hybridized carbons (Fsp3) is 0.938. The normalized spacial score (nSPS) is 16.6. The van der Waals surface area contributed by atoms with Gasteiger partial charge in [-0.1, -0.05) is 0 Å². The highest BCUT2D eigenvalue weighted by Crippen LogP contribution is 2.18. The van der Waals surface area contributed by atoms with E-state index >= 15 is 0 Å². The van der Waals surface area contributed by atoms with E-state index in [0.29, 0.717) is 13.1 Å². The molecule has 25 heavy (non-hydrogen) atoms. The van der Waals surface area contributed by atoms with Gasteiger partial charge in [-0.3, -0.25) is 4.99 Å². The first-order valence-electron chi connectivity index (χ1n) is 8.84. The third-order valence-electron chi connectivity index (χ3n) is 4.56. The summed E-state index contributed by atoms with van der Waals surface area (Å²) in [5.41, 5.74) is 0. The zero-order valence-electron chi connectivity index (χ0n) is 16.0. The lowest BCUT2D eigenvalue weighted by atomic mass is 9.96. The maximum atomic E-state index is 11.7. The van der Waals surface area contributed by atoms with Crippen LogP contribution >= 0.6 is 24.0 Å². The Hall–Kier alpha value is -0.130. The molecule has 0 bridgehead atoms. The second kappa shape index (κ2) is 13.1. The van der Waals surface area contributed by atoms with Gasteiger partial charge < -0.3 is 15.0 Å². The van der Waals surface area contributed by atoms with Gasteiger partial charge in [0.05, 0.1) is 5.75 Å². The molecule has 1 aliphatic rings. The van der Waals surface area contributed by atoms with Crippen LogP contribution in [-0.4, -0.2) is 83.3 Å². The highest BCUT2D eigenvalue weighted by molar-refractivity contribution is 14.0. The Balaban J connectivity index is 0.00000576. The van der Waals surface area contributed by atoms with E-state index in [4.69, 9.17) is 4.74 Å². The van der Waals surface area contributed by atoms with E-state index < -0.39 is 10.0 Å². The minimum atomic E-state index is -3.09. The zero-order valence-corrected chi connectivity index (χ0v) is 19.2. The number of nitrogens with one attached hydrogen (secondary N) is 1. The van der Waals surface area contributed by atoms with Gasteiger partial charge in [0.2, 0.25) is 10.0 Å². The summed E-state index contributed by atoms with van der Waals surface area (Å²) in [6.07, 6.45) is 4.21. The summed E-state index contributed by atoms with van der Waals surface area (Å²) in [6, 6.07) is 0. The molecule has 1 saturated heterocycles. The second-order valence-electron chi connectivity index (χ2n) is 6.32. The average molecular weight is 490 g/mol. The summed E-state index contributed by atoms with van der Waals surface area (Å²) >= 11 is 0. The van der Waals surface area contributed by atoms with Crippen molar-refractivity contribution in [3.8, 4) is 0 Å². The van der Waals surface area contributed by atoms with Crippen LogP contribution in [-0.2, 0) is 14.8 Å². The number of hydrogen-bond donors (Lipinski definition) is 1. The molecule has 150 valence electrons. The predicted molar refractivity (Wildman–Crippen MR) is 114 cm³/mol. The zero-order chi connectivity index (χ0) is 18.0. The average Bonchev–Trinajstić information content (AvgIpc) is 2.60. The van der Waals surface area contributed by atoms with E-state index in [1.165, 1.54) is 4.31 Å². The largest absolute Gasteiger partial charge is 0.381 e. The van der Waals surface area contributed by atoms with Gasteiger partial charge >= 0.3 is 0 Å². The third kappa shape index (κ3) is 9.39. The van der Waals surface area contributed by atoms with E-state index in [9.17, 15) is 8.42 Å². The highest BCUT2D eigenvalue weighted by Gasteiger charge is 2.16. The Bertz CT molecular complexity index is 482. The minimum absolute atomic E-state index is 0. The van der Waals surface area contributed by atoms with Gasteiger partial charge in [-0.05, 0) is 38.5 Å². The molecule has 0 amide bonds. The predicted octanol–water partition coefficient (Wildman–Crippen LogP) is 1.60. The van der Waals surface area contributed by atoms with Crippen LogP contribution < -0.4 is 5.32 Å². The van der Waals surface area contributed by atoms with Crippen molar-refractivity contribution in [1.82, 2.24) is 14.5 Å². The molecule has 0 aromatic heterocycles. The van der Waals surface area contributed by atoms with Gasteiger partial charge in [-0.25, -0.2) is 12.7 Å². The Morgan fingerprint density at radius 3 is 2.44 bits per heavy atom. The van der Waals surface area contributed by atoms with Crippen LogP contribution in [0.2, 0.25) is 0 Å². The number of aliphatic imine (C=N–C) groups is 1. The molecule has 0 aliphatic carbocycles. The van der Waals surface area contributed by atoms with Crippen LogP contribution in [0.25, 0.3) is 0 Å². The van der Waals surface area contributed by atoms with Crippen molar-refractivity contribution in [1.29, 1.82) is 0 Å². The monoisotopic (exact) mass is 490 g/mol. The lowest BCUT2D eigenvalue weighted by Crippen LogP contribution is -2.41. The Kier molecular flexibility index (Phi) is 13.0. The molecule has 9 heteroatoms. The molecule has 0 radical (unpaired) electrons. The number of ether oxygens (including phenoxy) is 1.